The van der Waals surface area contributed by atoms with E-state index in [0.717, 1.165) is 12.5 Å². The van der Waals surface area contributed by atoms with Gasteiger partial charge in [0.2, 0.25) is 0 Å². The van der Waals surface area contributed by atoms with Gasteiger partial charge in [-0.1, -0.05) is 62.8 Å². The van der Waals surface area contributed by atoms with Gasteiger partial charge < -0.3 is 5.73 Å². The van der Waals surface area contributed by atoms with E-state index in [1.54, 1.807) is 5.56 Å². The Morgan fingerprint density at radius 3 is 2.30 bits per heavy atom. The van der Waals surface area contributed by atoms with E-state index in [2.05, 4.69) is 24.3 Å². The van der Waals surface area contributed by atoms with E-state index < -0.39 is 0 Å². The maximum absolute atomic E-state index is 6.15. The van der Waals surface area contributed by atoms with Crippen LogP contribution in [0.4, 0.5) is 0 Å². The number of hydrogen-bond donors (Lipinski definition) is 1. The molecule has 2 N–H and O–H groups in total. The van der Waals surface area contributed by atoms with Crippen LogP contribution in [0.1, 0.15) is 81.3 Å². The zero-order valence-corrected chi connectivity index (χ0v) is 12.7. The highest BCUT2D eigenvalue weighted by atomic mass is 14.6. The molecule has 110 valence electrons. The summed E-state index contributed by atoms with van der Waals surface area (Å²) < 4.78 is 0. The maximum Gasteiger partial charge on any atom is 0.00756 e. The van der Waals surface area contributed by atoms with Crippen molar-refractivity contribution in [2.75, 3.05) is 6.54 Å². The van der Waals surface area contributed by atoms with E-state index in [1.807, 2.05) is 0 Å². The number of benzene rings is 1. The Balaban J connectivity index is 1.85. The summed E-state index contributed by atoms with van der Waals surface area (Å²) in [5.74, 6) is 0.800. The van der Waals surface area contributed by atoms with Crippen LogP contribution in [-0.2, 0) is 5.41 Å². The topological polar surface area (TPSA) is 26.0 Å². The molecular weight excluding hydrogens is 242 g/mol. The highest BCUT2D eigenvalue weighted by molar-refractivity contribution is 5.33. The fourth-order valence-electron chi connectivity index (χ4n) is 4.40. The summed E-state index contributed by atoms with van der Waals surface area (Å²) in [6.45, 7) is 0.821. The minimum Gasteiger partial charge on any atom is -0.330 e. The van der Waals surface area contributed by atoms with Crippen LogP contribution in [0.25, 0.3) is 0 Å². The fraction of sp³-hybridized carbons (Fsp3) is 0.684. The van der Waals surface area contributed by atoms with Gasteiger partial charge in [-0.25, -0.2) is 0 Å². The van der Waals surface area contributed by atoms with Crippen LogP contribution >= 0.6 is 0 Å². The predicted molar refractivity (Wildman–Crippen MR) is 86.1 cm³/mol. The van der Waals surface area contributed by atoms with Crippen LogP contribution in [0.15, 0.2) is 24.3 Å². The van der Waals surface area contributed by atoms with Gasteiger partial charge in [0.25, 0.3) is 0 Å². The van der Waals surface area contributed by atoms with Crippen molar-refractivity contribution >= 4 is 0 Å². The first kappa shape index (κ1) is 14.1. The molecule has 0 radical (unpaired) electrons. The molecule has 1 heteroatoms. The van der Waals surface area contributed by atoms with Crippen molar-refractivity contribution in [2.24, 2.45) is 5.73 Å². The van der Waals surface area contributed by atoms with Crippen LogP contribution in [-0.4, -0.2) is 6.54 Å². The van der Waals surface area contributed by atoms with Crippen molar-refractivity contribution in [2.45, 2.75) is 75.5 Å². The number of nitrogens with two attached hydrogens (primary N) is 1. The third-order valence-corrected chi connectivity index (χ3v) is 5.78. The summed E-state index contributed by atoms with van der Waals surface area (Å²) in [6, 6.07) is 9.48. The van der Waals surface area contributed by atoms with E-state index in [4.69, 9.17) is 5.73 Å². The Morgan fingerprint density at radius 1 is 0.950 bits per heavy atom. The van der Waals surface area contributed by atoms with E-state index in [-0.39, 0.29) is 0 Å². The van der Waals surface area contributed by atoms with Crippen molar-refractivity contribution in [3.63, 3.8) is 0 Å². The minimum atomic E-state index is 0.292. The fourth-order valence-corrected chi connectivity index (χ4v) is 4.40. The van der Waals surface area contributed by atoms with Gasteiger partial charge in [0.05, 0.1) is 0 Å². The maximum atomic E-state index is 6.15. The van der Waals surface area contributed by atoms with E-state index in [0.29, 0.717) is 5.41 Å². The molecule has 0 aromatic heterocycles. The second-order valence-electron chi connectivity index (χ2n) is 7.01. The smallest absolute Gasteiger partial charge is 0.00756 e. The number of rotatable bonds is 3. The van der Waals surface area contributed by atoms with Gasteiger partial charge in [-0.2, -0.15) is 0 Å². The molecule has 1 nitrogen and oxygen atoms in total. The summed E-state index contributed by atoms with van der Waals surface area (Å²) >= 11 is 0. The van der Waals surface area contributed by atoms with Crippen molar-refractivity contribution < 1.29 is 0 Å². The Kier molecular flexibility index (Phi) is 4.45. The van der Waals surface area contributed by atoms with Gasteiger partial charge in [0, 0.05) is 12.0 Å². The number of hydrogen-bond acceptors (Lipinski definition) is 1. The quantitative estimate of drug-likeness (QED) is 0.778. The Hall–Kier alpha value is -0.820. The lowest BCUT2D eigenvalue weighted by Gasteiger charge is -2.29. The van der Waals surface area contributed by atoms with Crippen LogP contribution in [0, 0.1) is 0 Å². The van der Waals surface area contributed by atoms with Gasteiger partial charge in [0.15, 0.2) is 0 Å². The molecule has 0 atom stereocenters. The van der Waals surface area contributed by atoms with Crippen LogP contribution in [0.3, 0.4) is 0 Å². The summed E-state index contributed by atoms with van der Waals surface area (Å²) in [6.07, 6.45) is 13.8. The molecular formula is C19H29N. The SMILES string of the molecule is NCC1(c2cccc(C3CCCCCC3)c2)CCCC1. The first-order valence-electron chi connectivity index (χ1n) is 8.65. The highest BCUT2D eigenvalue weighted by Crippen LogP contribution is 2.41. The van der Waals surface area contributed by atoms with Gasteiger partial charge in [0.1, 0.15) is 0 Å². The molecule has 0 unspecified atom stereocenters. The van der Waals surface area contributed by atoms with Crippen molar-refractivity contribution in [1.82, 2.24) is 0 Å². The molecule has 2 saturated carbocycles. The molecule has 0 aliphatic heterocycles. The first-order valence-corrected chi connectivity index (χ1v) is 8.65. The third kappa shape index (κ3) is 2.79. The molecule has 0 amide bonds. The summed E-state index contributed by atoms with van der Waals surface area (Å²) in [4.78, 5) is 0. The average molecular weight is 271 g/mol. The Morgan fingerprint density at radius 2 is 1.65 bits per heavy atom. The summed E-state index contributed by atoms with van der Waals surface area (Å²) in [5, 5.41) is 0. The predicted octanol–water partition coefficient (Wildman–Crippen LogP) is 4.89. The van der Waals surface area contributed by atoms with Crippen molar-refractivity contribution in [3.05, 3.63) is 35.4 Å². The summed E-state index contributed by atoms with van der Waals surface area (Å²) in [5.41, 5.74) is 9.56. The second kappa shape index (κ2) is 6.30. The second-order valence-corrected chi connectivity index (χ2v) is 7.01. The molecule has 20 heavy (non-hydrogen) atoms. The molecule has 2 aliphatic carbocycles. The lowest BCUT2D eigenvalue weighted by atomic mass is 9.77. The van der Waals surface area contributed by atoms with Gasteiger partial charge >= 0.3 is 0 Å². The average Bonchev–Trinajstić information content (AvgIpc) is 2.83. The monoisotopic (exact) mass is 271 g/mol. The van der Waals surface area contributed by atoms with Gasteiger partial charge in [-0.3, -0.25) is 0 Å². The van der Waals surface area contributed by atoms with Gasteiger partial charge in [-0.15, -0.1) is 0 Å². The van der Waals surface area contributed by atoms with E-state index in [9.17, 15) is 0 Å². The normalized spacial score (nSPS) is 23.6. The van der Waals surface area contributed by atoms with Crippen LogP contribution < -0.4 is 5.73 Å². The zero-order valence-electron chi connectivity index (χ0n) is 12.7. The summed E-state index contributed by atoms with van der Waals surface area (Å²) in [7, 11) is 0. The molecule has 0 spiro atoms. The Bertz CT molecular complexity index is 423. The first-order chi connectivity index (χ1) is 9.84. The van der Waals surface area contributed by atoms with E-state index in [1.165, 1.54) is 69.8 Å². The molecule has 0 bridgehead atoms. The highest BCUT2D eigenvalue weighted by Gasteiger charge is 2.34. The third-order valence-electron chi connectivity index (χ3n) is 5.78. The molecule has 1 aromatic carbocycles. The van der Waals surface area contributed by atoms with Crippen LogP contribution in [0.5, 0.6) is 0 Å². The minimum absolute atomic E-state index is 0.292. The molecule has 2 aliphatic rings. The largest absolute Gasteiger partial charge is 0.330 e. The molecule has 0 saturated heterocycles. The van der Waals surface area contributed by atoms with Crippen LogP contribution in [0.2, 0.25) is 0 Å². The molecule has 1 aromatic rings. The lowest BCUT2D eigenvalue weighted by Crippen LogP contribution is -2.32. The van der Waals surface area contributed by atoms with E-state index >= 15 is 0 Å². The molecule has 3 rings (SSSR count). The molecule has 0 heterocycles. The Labute approximate surface area is 124 Å². The molecule has 2 fully saturated rings. The van der Waals surface area contributed by atoms with Crippen molar-refractivity contribution in [3.8, 4) is 0 Å². The standard InChI is InChI=1S/C19H29N/c20-15-19(12-5-6-13-19)18-11-7-10-17(14-18)16-8-3-1-2-4-9-16/h7,10-11,14,16H,1-6,8-9,12-13,15,20H2. The lowest BCUT2D eigenvalue weighted by molar-refractivity contribution is 0.451. The van der Waals surface area contributed by atoms with Gasteiger partial charge in [-0.05, 0) is 42.7 Å². The van der Waals surface area contributed by atoms with Crippen molar-refractivity contribution in [1.29, 1.82) is 0 Å². The zero-order chi connectivity index (χ0) is 13.8.